The summed E-state index contributed by atoms with van der Waals surface area (Å²) in [6, 6.07) is 15.3. The van der Waals surface area contributed by atoms with Crippen LogP contribution < -0.4 is 11.1 Å². The second-order valence-corrected chi connectivity index (χ2v) is 6.06. The highest BCUT2D eigenvalue weighted by atomic mass is 16.1. The predicted octanol–water partition coefficient (Wildman–Crippen LogP) is 2.20. The van der Waals surface area contributed by atoms with Gasteiger partial charge in [0.05, 0.1) is 17.8 Å². The van der Waals surface area contributed by atoms with Crippen molar-refractivity contribution in [1.29, 1.82) is 0 Å². The van der Waals surface area contributed by atoms with Crippen molar-refractivity contribution >= 4 is 17.1 Å². The quantitative estimate of drug-likeness (QED) is 0.570. The number of benzene rings is 1. The summed E-state index contributed by atoms with van der Waals surface area (Å²) in [7, 11) is 0. The normalized spacial score (nSPS) is 10.9. The zero-order valence-electron chi connectivity index (χ0n) is 14.5. The van der Waals surface area contributed by atoms with Crippen molar-refractivity contribution in [2.24, 2.45) is 5.73 Å². The van der Waals surface area contributed by atoms with E-state index in [9.17, 15) is 4.79 Å². The van der Waals surface area contributed by atoms with Crippen molar-refractivity contribution in [2.75, 3.05) is 0 Å². The van der Waals surface area contributed by atoms with Gasteiger partial charge in [0.15, 0.2) is 5.65 Å². The van der Waals surface area contributed by atoms with Gasteiger partial charge in [0.1, 0.15) is 11.8 Å². The van der Waals surface area contributed by atoms with Gasteiger partial charge in [-0.2, -0.15) is 0 Å². The molecule has 0 atom stereocenters. The third kappa shape index (κ3) is 3.54. The lowest BCUT2D eigenvalue weighted by molar-refractivity contribution is 0.0950. The van der Waals surface area contributed by atoms with Crippen LogP contribution in [0.15, 0.2) is 67.3 Å². The molecule has 0 aliphatic carbocycles. The van der Waals surface area contributed by atoms with E-state index >= 15 is 0 Å². The Morgan fingerprint density at radius 1 is 1.07 bits per heavy atom. The highest BCUT2D eigenvalue weighted by Crippen LogP contribution is 2.17. The largest absolute Gasteiger partial charge is 0.346 e. The van der Waals surface area contributed by atoms with Crippen LogP contribution in [0, 0.1) is 0 Å². The highest BCUT2D eigenvalue weighted by Gasteiger charge is 2.11. The summed E-state index contributed by atoms with van der Waals surface area (Å²) in [5.41, 5.74) is 10.2. The molecule has 0 aliphatic heterocycles. The monoisotopic (exact) mass is 358 g/mol. The van der Waals surface area contributed by atoms with Crippen molar-refractivity contribution < 1.29 is 4.79 Å². The Kier molecular flexibility index (Phi) is 4.59. The van der Waals surface area contributed by atoms with Gasteiger partial charge in [-0.25, -0.2) is 9.97 Å². The van der Waals surface area contributed by atoms with E-state index in [1.807, 2.05) is 47.0 Å². The van der Waals surface area contributed by atoms with E-state index in [0.29, 0.717) is 29.8 Å². The first kappa shape index (κ1) is 16.9. The molecule has 3 aromatic heterocycles. The lowest BCUT2D eigenvalue weighted by Gasteiger charge is -2.06. The van der Waals surface area contributed by atoms with E-state index in [4.69, 9.17) is 5.73 Å². The first-order valence-electron chi connectivity index (χ1n) is 8.55. The summed E-state index contributed by atoms with van der Waals surface area (Å²) in [4.78, 5) is 25.5. The minimum atomic E-state index is -0.224. The van der Waals surface area contributed by atoms with E-state index in [1.165, 1.54) is 0 Å². The third-order valence-electron chi connectivity index (χ3n) is 4.23. The summed E-state index contributed by atoms with van der Waals surface area (Å²) in [5.74, 6) is -0.224. The molecule has 0 saturated carbocycles. The smallest absolute Gasteiger partial charge is 0.253 e. The lowest BCUT2D eigenvalue weighted by atomic mass is 10.2. The van der Waals surface area contributed by atoms with Crippen LogP contribution in [0.1, 0.15) is 21.6 Å². The number of para-hydroxylation sites is 1. The van der Waals surface area contributed by atoms with Crippen LogP contribution in [0.4, 0.5) is 0 Å². The molecular formula is C20H18N6O. The Morgan fingerprint density at radius 2 is 1.93 bits per heavy atom. The number of rotatable bonds is 5. The van der Waals surface area contributed by atoms with Crippen LogP contribution in [0.3, 0.4) is 0 Å². The number of pyridine rings is 2. The van der Waals surface area contributed by atoms with Crippen LogP contribution >= 0.6 is 0 Å². The number of nitrogens with two attached hydrogens (primary N) is 1. The number of hydrogen-bond acceptors (Lipinski definition) is 5. The molecular weight excluding hydrogens is 340 g/mol. The van der Waals surface area contributed by atoms with Crippen LogP contribution in [0.2, 0.25) is 0 Å². The first-order chi connectivity index (χ1) is 13.2. The van der Waals surface area contributed by atoms with Crippen molar-refractivity contribution in [3.63, 3.8) is 0 Å². The van der Waals surface area contributed by atoms with Crippen molar-refractivity contribution in [1.82, 2.24) is 24.8 Å². The number of amides is 1. The van der Waals surface area contributed by atoms with Gasteiger partial charge >= 0.3 is 0 Å². The van der Waals surface area contributed by atoms with Gasteiger partial charge < -0.3 is 11.1 Å². The van der Waals surface area contributed by atoms with Gasteiger partial charge in [0.2, 0.25) is 0 Å². The molecule has 0 radical (unpaired) electrons. The second kappa shape index (κ2) is 7.35. The van der Waals surface area contributed by atoms with Crippen molar-refractivity contribution in [2.45, 2.75) is 13.1 Å². The van der Waals surface area contributed by atoms with Crippen LogP contribution in [0.5, 0.6) is 0 Å². The molecule has 0 aliphatic rings. The molecule has 3 heterocycles. The number of nitrogens with one attached hydrogen (secondary N) is 1. The average Bonchev–Trinajstić information content (AvgIpc) is 3.16. The Morgan fingerprint density at radius 3 is 2.74 bits per heavy atom. The van der Waals surface area contributed by atoms with Crippen LogP contribution in [-0.4, -0.2) is 25.4 Å². The van der Waals surface area contributed by atoms with E-state index in [2.05, 4.69) is 20.3 Å². The number of aromatic nitrogens is 4. The zero-order chi connectivity index (χ0) is 18.6. The molecule has 0 unspecified atom stereocenters. The molecule has 4 rings (SSSR count). The Bertz CT molecular complexity index is 1090. The van der Waals surface area contributed by atoms with E-state index < -0.39 is 0 Å². The average molecular weight is 358 g/mol. The summed E-state index contributed by atoms with van der Waals surface area (Å²) in [6.07, 6.45) is 4.95. The van der Waals surface area contributed by atoms with Gasteiger partial charge in [0, 0.05) is 24.6 Å². The SMILES string of the molecule is NCc1ccnc(CNC(=O)c2cnc3c(c2)ncn3-c2ccccc2)c1. The van der Waals surface area contributed by atoms with E-state index in [1.54, 1.807) is 24.8 Å². The molecule has 7 heteroatoms. The van der Waals surface area contributed by atoms with Gasteiger partial charge in [-0.3, -0.25) is 14.3 Å². The van der Waals surface area contributed by atoms with E-state index in [0.717, 1.165) is 16.9 Å². The standard InChI is InChI=1S/C20H18N6O/c21-10-14-6-7-22-16(8-14)12-24-20(27)15-9-18-19(23-11-15)26(13-25-18)17-4-2-1-3-5-17/h1-9,11,13H,10,12,21H2,(H,24,27). The maximum atomic E-state index is 12.5. The summed E-state index contributed by atoms with van der Waals surface area (Å²) in [6.45, 7) is 0.761. The molecule has 4 aromatic rings. The second-order valence-electron chi connectivity index (χ2n) is 6.06. The highest BCUT2D eigenvalue weighted by molar-refractivity contribution is 5.96. The van der Waals surface area contributed by atoms with Gasteiger partial charge in [-0.05, 0) is 35.9 Å². The number of carbonyl (C=O) groups excluding carboxylic acids is 1. The van der Waals surface area contributed by atoms with E-state index in [-0.39, 0.29) is 5.91 Å². The fraction of sp³-hybridized carbons (Fsp3) is 0.100. The van der Waals surface area contributed by atoms with Gasteiger partial charge in [-0.15, -0.1) is 0 Å². The molecule has 1 amide bonds. The zero-order valence-corrected chi connectivity index (χ0v) is 14.5. The fourth-order valence-corrected chi connectivity index (χ4v) is 2.83. The lowest BCUT2D eigenvalue weighted by Crippen LogP contribution is -2.23. The predicted molar refractivity (Wildman–Crippen MR) is 102 cm³/mol. The topological polar surface area (TPSA) is 98.7 Å². The number of fused-ring (bicyclic) bond motifs is 1. The van der Waals surface area contributed by atoms with Crippen molar-refractivity contribution in [3.8, 4) is 5.69 Å². The Labute approximate surface area is 155 Å². The fourth-order valence-electron chi connectivity index (χ4n) is 2.83. The summed E-state index contributed by atoms with van der Waals surface area (Å²) >= 11 is 0. The number of hydrogen-bond donors (Lipinski definition) is 2. The minimum Gasteiger partial charge on any atom is -0.346 e. The maximum Gasteiger partial charge on any atom is 0.253 e. The Balaban J connectivity index is 1.53. The van der Waals surface area contributed by atoms with Gasteiger partial charge in [-0.1, -0.05) is 18.2 Å². The Hall–Kier alpha value is -3.58. The number of imidazole rings is 1. The van der Waals surface area contributed by atoms with Crippen LogP contribution in [-0.2, 0) is 13.1 Å². The number of nitrogens with zero attached hydrogens (tertiary/aromatic N) is 4. The first-order valence-corrected chi connectivity index (χ1v) is 8.55. The molecule has 0 spiro atoms. The summed E-state index contributed by atoms with van der Waals surface area (Å²) in [5, 5.41) is 2.85. The molecule has 134 valence electrons. The molecule has 1 aromatic carbocycles. The molecule has 0 bridgehead atoms. The minimum absolute atomic E-state index is 0.224. The number of carbonyl (C=O) groups is 1. The molecule has 0 fully saturated rings. The molecule has 27 heavy (non-hydrogen) atoms. The maximum absolute atomic E-state index is 12.5. The van der Waals surface area contributed by atoms with Gasteiger partial charge in [0.25, 0.3) is 5.91 Å². The summed E-state index contributed by atoms with van der Waals surface area (Å²) < 4.78 is 1.89. The molecule has 7 nitrogen and oxygen atoms in total. The van der Waals surface area contributed by atoms with Crippen molar-refractivity contribution in [3.05, 3.63) is 84.1 Å². The molecule has 0 saturated heterocycles. The third-order valence-corrected chi connectivity index (χ3v) is 4.23. The molecule has 3 N–H and O–H groups in total. The van der Waals surface area contributed by atoms with Crippen LogP contribution in [0.25, 0.3) is 16.9 Å².